The van der Waals surface area contributed by atoms with Crippen molar-refractivity contribution in [3.8, 4) is 0 Å². The maximum Gasteiger partial charge on any atom is 0.137 e. The highest BCUT2D eigenvalue weighted by atomic mass is 35.5. The van der Waals surface area contributed by atoms with Gasteiger partial charge in [-0.2, -0.15) is 0 Å². The zero-order chi connectivity index (χ0) is 13.8. The van der Waals surface area contributed by atoms with E-state index >= 15 is 0 Å². The van der Waals surface area contributed by atoms with Gasteiger partial charge in [0.05, 0.1) is 10.9 Å². The predicted octanol–water partition coefficient (Wildman–Crippen LogP) is 4.02. The van der Waals surface area contributed by atoms with Crippen LogP contribution < -0.4 is 5.32 Å². The van der Waals surface area contributed by atoms with Crippen LogP contribution in [-0.2, 0) is 0 Å². The quantitative estimate of drug-likeness (QED) is 0.735. The molecule has 1 N–H and O–H groups in total. The third-order valence-corrected chi connectivity index (χ3v) is 3.56. The number of aromatic nitrogens is 2. The topological polar surface area (TPSA) is 37.8 Å². The molecule has 0 aliphatic heterocycles. The van der Waals surface area contributed by atoms with E-state index < -0.39 is 0 Å². The Bertz CT molecular complexity index is 695. The number of alkyl halides is 1. The number of nitrogens with one attached hydrogen (secondary N) is 1. The van der Waals surface area contributed by atoms with Crippen LogP contribution in [0.15, 0.2) is 60.9 Å². The van der Waals surface area contributed by atoms with Crippen molar-refractivity contribution < 1.29 is 0 Å². The van der Waals surface area contributed by atoms with E-state index in [0.29, 0.717) is 6.54 Å². The van der Waals surface area contributed by atoms with Crippen LogP contribution in [0.3, 0.4) is 0 Å². The lowest BCUT2D eigenvalue weighted by Crippen LogP contribution is -2.09. The Labute approximate surface area is 122 Å². The molecule has 100 valence electrons. The average molecular weight is 284 g/mol. The van der Waals surface area contributed by atoms with Gasteiger partial charge in [0, 0.05) is 11.9 Å². The molecule has 3 nitrogen and oxygen atoms in total. The molecule has 0 bridgehead atoms. The lowest BCUT2D eigenvalue weighted by Gasteiger charge is -2.12. The van der Waals surface area contributed by atoms with Crippen molar-refractivity contribution in [3.63, 3.8) is 0 Å². The van der Waals surface area contributed by atoms with Gasteiger partial charge in [0.1, 0.15) is 12.1 Å². The molecule has 0 aliphatic carbocycles. The number of halogens is 1. The number of nitrogens with zero attached hydrogens (tertiary/aromatic N) is 2. The van der Waals surface area contributed by atoms with E-state index in [2.05, 4.69) is 15.3 Å². The van der Waals surface area contributed by atoms with Crippen molar-refractivity contribution >= 4 is 28.3 Å². The Balaban J connectivity index is 1.77. The molecule has 1 heterocycles. The minimum Gasteiger partial charge on any atom is -0.368 e. The summed E-state index contributed by atoms with van der Waals surface area (Å²) in [5.41, 5.74) is 2.02. The fraction of sp³-hybridized carbons (Fsp3) is 0.125. The largest absolute Gasteiger partial charge is 0.368 e. The monoisotopic (exact) mass is 283 g/mol. The number of fused-ring (bicyclic) bond motifs is 1. The first-order chi connectivity index (χ1) is 9.84. The van der Waals surface area contributed by atoms with Crippen molar-refractivity contribution in [3.05, 3.63) is 66.5 Å². The van der Waals surface area contributed by atoms with Gasteiger partial charge in [0.2, 0.25) is 0 Å². The summed E-state index contributed by atoms with van der Waals surface area (Å²) < 4.78 is 0. The van der Waals surface area contributed by atoms with Gasteiger partial charge in [0.15, 0.2) is 0 Å². The first-order valence-electron chi connectivity index (χ1n) is 6.47. The molecule has 3 rings (SSSR count). The van der Waals surface area contributed by atoms with E-state index in [-0.39, 0.29) is 5.38 Å². The molecule has 20 heavy (non-hydrogen) atoms. The first kappa shape index (κ1) is 12.9. The van der Waals surface area contributed by atoms with Crippen molar-refractivity contribution in [2.45, 2.75) is 5.38 Å². The number of para-hydroxylation sites is 1. The van der Waals surface area contributed by atoms with Gasteiger partial charge < -0.3 is 5.32 Å². The highest BCUT2D eigenvalue weighted by Gasteiger charge is 2.08. The molecule has 0 fully saturated rings. The molecule has 0 amide bonds. The molecule has 0 saturated heterocycles. The van der Waals surface area contributed by atoms with Gasteiger partial charge in [-0.1, -0.05) is 42.5 Å². The van der Waals surface area contributed by atoms with Crippen LogP contribution >= 0.6 is 11.6 Å². The summed E-state index contributed by atoms with van der Waals surface area (Å²) in [6, 6.07) is 17.9. The summed E-state index contributed by atoms with van der Waals surface area (Å²) in [6.45, 7) is 0.618. The minimum absolute atomic E-state index is 0.0927. The van der Waals surface area contributed by atoms with Crippen LogP contribution in [0.4, 0.5) is 5.82 Å². The number of hydrogen-bond donors (Lipinski definition) is 1. The van der Waals surface area contributed by atoms with Crippen molar-refractivity contribution in [1.29, 1.82) is 0 Å². The third kappa shape index (κ3) is 2.73. The molecular weight excluding hydrogens is 270 g/mol. The summed E-state index contributed by atoms with van der Waals surface area (Å²) in [7, 11) is 0. The van der Waals surface area contributed by atoms with Crippen LogP contribution in [0, 0.1) is 0 Å². The van der Waals surface area contributed by atoms with Gasteiger partial charge in [-0.05, 0) is 17.7 Å². The normalized spacial score (nSPS) is 12.2. The summed E-state index contributed by atoms with van der Waals surface area (Å²) in [5.74, 6) is 0.817. The zero-order valence-electron chi connectivity index (χ0n) is 10.8. The van der Waals surface area contributed by atoms with Crippen LogP contribution in [-0.4, -0.2) is 16.5 Å². The van der Waals surface area contributed by atoms with Gasteiger partial charge in [0.25, 0.3) is 0 Å². The van der Waals surface area contributed by atoms with Crippen LogP contribution in [0.1, 0.15) is 10.9 Å². The van der Waals surface area contributed by atoms with E-state index in [4.69, 9.17) is 11.6 Å². The van der Waals surface area contributed by atoms with E-state index in [1.807, 2.05) is 54.6 Å². The second-order valence-corrected chi connectivity index (χ2v) is 5.03. The van der Waals surface area contributed by atoms with Gasteiger partial charge in [-0.3, -0.25) is 0 Å². The fourth-order valence-electron chi connectivity index (χ4n) is 2.11. The highest BCUT2D eigenvalue weighted by Crippen LogP contribution is 2.23. The Morgan fingerprint density at radius 3 is 2.55 bits per heavy atom. The summed E-state index contributed by atoms with van der Waals surface area (Å²) >= 11 is 6.40. The number of hydrogen-bond acceptors (Lipinski definition) is 3. The molecule has 0 spiro atoms. The molecule has 1 aromatic heterocycles. The number of benzene rings is 2. The lowest BCUT2D eigenvalue weighted by atomic mass is 10.1. The third-order valence-electron chi connectivity index (χ3n) is 3.15. The standard InChI is InChI=1S/C16H14ClN3/c17-14(12-6-2-1-3-7-12)10-18-16-13-8-4-5-9-15(13)19-11-20-16/h1-9,11,14H,10H2,(H,18,19,20). The van der Waals surface area contributed by atoms with Crippen LogP contribution in [0.5, 0.6) is 0 Å². The molecule has 4 heteroatoms. The Hall–Kier alpha value is -2.13. The molecule has 0 aliphatic rings. The van der Waals surface area contributed by atoms with Crippen molar-refractivity contribution in [1.82, 2.24) is 9.97 Å². The average Bonchev–Trinajstić information content (AvgIpc) is 2.53. The maximum absolute atomic E-state index is 6.40. The zero-order valence-corrected chi connectivity index (χ0v) is 11.6. The molecule has 0 radical (unpaired) electrons. The highest BCUT2D eigenvalue weighted by molar-refractivity contribution is 6.21. The second-order valence-electron chi connectivity index (χ2n) is 4.50. The van der Waals surface area contributed by atoms with Gasteiger partial charge in [-0.25, -0.2) is 9.97 Å². The van der Waals surface area contributed by atoms with E-state index in [1.165, 1.54) is 0 Å². The summed E-state index contributed by atoms with van der Waals surface area (Å²) in [6.07, 6.45) is 1.57. The summed E-state index contributed by atoms with van der Waals surface area (Å²) in [4.78, 5) is 8.53. The number of anilines is 1. The fourth-order valence-corrected chi connectivity index (χ4v) is 2.33. The molecular formula is C16H14ClN3. The smallest absolute Gasteiger partial charge is 0.137 e. The first-order valence-corrected chi connectivity index (χ1v) is 6.91. The van der Waals surface area contributed by atoms with E-state index in [0.717, 1.165) is 22.3 Å². The minimum atomic E-state index is -0.0927. The SMILES string of the molecule is ClC(CNc1ncnc2ccccc12)c1ccccc1. The predicted molar refractivity (Wildman–Crippen MR) is 83.1 cm³/mol. The molecule has 3 aromatic rings. The molecule has 1 unspecified atom stereocenters. The molecule has 2 aromatic carbocycles. The Kier molecular flexibility index (Phi) is 3.79. The van der Waals surface area contributed by atoms with Crippen molar-refractivity contribution in [2.24, 2.45) is 0 Å². The van der Waals surface area contributed by atoms with Crippen LogP contribution in [0.25, 0.3) is 10.9 Å². The maximum atomic E-state index is 6.40. The van der Waals surface area contributed by atoms with Gasteiger partial charge in [-0.15, -0.1) is 11.6 Å². The number of rotatable bonds is 4. The second kappa shape index (κ2) is 5.88. The van der Waals surface area contributed by atoms with Crippen molar-refractivity contribution in [2.75, 3.05) is 11.9 Å². The molecule has 0 saturated carbocycles. The summed E-state index contributed by atoms with van der Waals surface area (Å²) in [5, 5.41) is 4.22. The van der Waals surface area contributed by atoms with E-state index in [1.54, 1.807) is 6.33 Å². The molecule has 1 atom stereocenters. The Morgan fingerprint density at radius 1 is 0.950 bits per heavy atom. The van der Waals surface area contributed by atoms with Gasteiger partial charge >= 0.3 is 0 Å². The van der Waals surface area contributed by atoms with E-state index in [9.17, 15) is 0 Å². The Morgan fingerprint density at radius 2 is 1.70 bits per heavy atom. The lowest BCUT2D eigenvalue weighted by molar-refractivity contribution is 0.967. The van der Waals surface area contributed by atoms with Crippen LogP contribution in [0.2, 0.25) is 0 Å².